The molecule has 16 heavy (non-hydrogen) atoms. The number of aromatic nitrogens is 2. The number of hydrogen-bond acceptors (Lipinski definition) is 3. The summed E-state index contributed by atoms with van der Waals surface area (Å²) in [5.74, 6) is 0.635. The van der Waals surface area contributed by atoms with E-state index in [4.69, 9.17) is 0 Å². The third-order valence-corrected chi connectivity index (χ3v) is 3.58. The molecular weight excluding hydrogens is 202 g/mol. The summed E-state index contributed by atoms with van der Waals surface area (Å²) in [5, 5.41) is 17.2. The van der Waals surface area contributed by atoms with Gasteiger partial charge in [0.05, 0.1) is 12.3 Å². The third kappa shape index (κ3) is 2.28. The standard InChI is InChI=1S/C12H21N3O/c1-3-15-11(6-7-14-15)8-13-12(2,9-16)10-4-5-10/h6-7,10,13,16H,3-5,8-9H2,1-2H3. The first-order valence-corrected chi connectivity index (χ1v) is 6.06. The summed E-state index contributed by atoms with van der Waals surface area (Å²) in [6.45, 7) is 6.07. The first-order valence-electron chi connectivity index (χ1n) is 6.06. The van der Waals surface area contributed by atoms with E-state index in [1.54, 1.807) is 0 Å². The van der Waals surface area contributed by atoms with E-state index in [1.165, 1.54) is 18.5 Å². The Bertz CT molecular complexity index is 346. The number of aliphatic hydroxyl groups excluding tert-OH is 1. The minimum absolute atomic E-state index is 0.122. The molecular formula is C12H21N3O. The second kappa shape index (κ2) is 4.55. The molecule has 0 aromatic carbocycles. The molecule has 1 aliphatic carbocycles. The van der Waals surface area contributed by atoms with E-state index in [0.717, 1.165) is 13.1 Å². The molecule has 1 heterocycles. The van der Waals surface area contributed by atoms with Crippen molar-refractivity contribution >= 4 is 0 Å². The predicted octanol–water partition coefficient (Wildman–Crippen LogP) is 1.15. The highest BCUT2D eigenvalue weighted by atomic mass is 16.3. The average Bonchev–Trinajstić information content (AvgIpc) is 3.06. The molecule has 2 N–H and O–H groups in total. The fourth-order valence-electron chi connectivity index (χ4n) is 2.14. The van der Waals surface area contributed by atoms with Crippen molar-refractivity contribution < 1.29 is 5.11 Å². The Morgan fingerprint density at radius 1 is 1.62 bits per heavy atom. The average molecular weight is 223 g/mol. The molecule has 0 amide bonds. The van der Waals surface area contributed by atoms with Crippen LogP contribution in [0.15, 0.2) is 12.3 Å². The van der Waals surface area contributed by atoms with Crippen LogP contribution in [-0.2, 0) is 13.1 Å². The minimum atomic E-state index is -0.122. The molecule has 0 radical (unpaired) electrons. The van der Waals surface area contributed by atoms with Gasteiger partial charge in [-0.25, -0.2) is 0 Å². The Kier molecular flexibility index (Phi) is 3.30. The van der Waals surface area contributed by atoms with Crippen molar-refractivity contribution in [1.82, 2.24) is 15.1 Å². The van der Waals surface area contributed by atoms with Gasteiger partial charge in [-0.05, 0) is 38.7 Å². The summed E-state index contributed by atoms with van der Waals surface area (Å²) in [6, 6.07) is 2.03. The summed E-state index contributed by atoms with van der Waals surface area (Å²) in [5.41, 5.74) is 1.06. The molecule has 1 saturated carbocycles. The van der Waals surface area contributed by atoms with E-state index in [2.05, 4.69) is 24.3 Å². The molecule has 4 heteroatoms. The van der Waals surface area contributed by atoms with Gasteiger partial charge < -0.3 is 10.4 Å². The molecule has 0 aliphatic heterocycles. The lowest BCUT2D eigenvalue weighted by atomic mass is 9.97. The number of nitrogens with one attached hydrogen (secondary N) is 1. The number of aryl methyl sites for hydroxylation is 1. The molecule has 1 atom stereocenters. The van der Waals surface area contributed by atoms with Crippen LogP contribution in [0.2, 0.25) is 0 Å². The van der Waals surface area contributed by atoms with Gasteiger partial charge in [0.15, 0.2) is 0 Å². The maximum Gasteiger partial charge on any atom is 0.0613 e. The molecule has 0 saturated heterocycles. The first kappa shape index (κ1) is 11.6. The maximum absolute atomic E-state index is 9.47. The molecule has 1 aliphatic rings. The van der Waals surface area contributed by atoms with E-state index in [9.17, 15) is 5.11 Å². The van der Waals surface area contributed by atoms with E-state index >= 15 is 0 Å². The highest BCUT2D eigenvalue weighted by molar-refractivity contribution is 5.04. The van der Waals surface area contributed by atoms with Gasteiger partial charge in [-0.15, -0.1) is 0 Å². The maximum atomic E-state index is 9.47. The molecule has 90 valence electrons. The third-order valence-electron chi connectivity index (χ3n) is 3.58. The summed E-state index contributed by atoms with van der Waals surface area (Å²) in [7, 11) is 0. The molecule has 4 nitrogen and oxygen atoms in total. The monoisotopic (exact) mass is 223 g/mol. The number of rotatable bonds is 6. The molecule has 0 bridgehead atoms. The summed E-state index contributed by atoms with van der Waals surface area (Å²) >= 11 is 0. The van der Waals surface area contributed by atoms with Crippen molar-refractivity contribution in [2.24, 2.45) is 5.92 Å². The summed E-state index contributed by atoms with van der Waals surface area (Å²) < 4.78 is 1.98. The van der Waals surface area contributed by atoms with E-state index in [-0.39, 0.29) is 12.1 Å². The van der Waals surface area contributed by atoms with Crippen LogP contribution in [0.25, 0.3) is 0 Å². The van der Waals surface area contributed by atoms with Crippen LogP contribution >= 0.6 is 0 Å². The Morgan fingerprint density at radius 3 is 2.94 bits per heavy atom. The van der Waals surface area contributed by atoms with Crippen LogP contribution in [0.3, 0.4) is 0 Å². The van der Waals surface area contributed by atoms with Crippen LogP contribution in [0, 0.1) is 5.92 Å². The highest BCUT2D eigenvalue weighted by Crippen LogP contribution is 2.39. The van der Waals surface area contributed by atoms with Gasteiger partial charge in [-0.3, -0.25) is 4.68 Å². The first-order chi connectivity index (χ1) is 7.69. The largest absolute Gasteiger partial charge is 0.394 e. The van der Waals surface area contributed by atoms with Crippen molar-refractivity contribution in [1.29, 1.82) is 0 Å². The van der Waals surface area contributed by atoms with Crippen LogP contribution < -0.4 is 5.32 Å². The normalized spacial score (nSPS) is 19.7. The lowest BCUT2D eigenvalue weighted by molar-refractivity contribution is 0.152. The number of aliphatic hydroxyl groups is 1. The Balaban J connectivity index is 1.95. The van der Waals surface area contributed by atoms with Gasteiger partial charge >= 0.3 is 0 Å². The van der Waals surface area contributed by atoms with E-state index < -0.39 is 0 Å². The molecule has 0 spiro atoms. The Hall–Kier alpha value is -0.870. The zero-order valence-corrected chi connectivity index (χ0v) is 10.1. The summed E-state index contributed by atoms with van der Waals surface area (Å²) in [4.78, 5) is 0. The fourth-order valence-corrected chi connectivity index (χ4v) is 2.14. The Morgan fingerprint density at radius 2 is 2.38 bits per heavy atom. The van der Waals surface area contributed by atoms with Crippen molar-refractivity contribution in [3.05, 3.63) is 18.0 Å². The van der Waals surface area contributed by atoms with Crippen molar-refractivity contribution in [3.63, 3.8) is 0 Å². The van der Waals surface area contributed by atoms with E-state index in [0.29, 0.717) is 5.92 Å². The molecule has 1 aromatic rings. The summed E-state index contributed by atoms with van der Waals surface area (Å²) in [6.07, 6.45) is 4.29. The molecule has 2 rings (SSSR count). The Labute approximate surface area is 96.7 Å². The zero-order chi connectivity index (χ0) is 11.6. The van der Waals surface area contributed by atoms with Gasteiger partial charge in [-0.2, -0.15) is 5.10 Å². The fraction of sp³-hybridized carbons (Fsp3) is 0.750. The lowest BCUT2D eigenvalue weighted by Gasteiger charge is -2.29. The van der Waals surface area contributed by atoms with Crippen LogP contribution in [0.4, 0.5) is 0 Å². The lowest BCUT2D eigenvalue weighted by Crippen LogP contribution is -2.47. The minimum Gasteiger partial charge on any atom is -0.394 e. The number of hydrogen-bond donors (Lipinski definition) is 2. The second-order valence-corrected chi connectivity index (χ2v) is 4.84. The van der Waals surface area contributed by atoms with Gasteiger partial charge in [-0.1, -0.05) is 0 Å². The van der Waals surface area contributed by atoms with Gasteiger partial charge in [0.25, 0.3) is 0 Å². The smallest absolute Gasteiger partial charge is 0.0613 e. The highest BCUT2D eigenvalue weighted by Gasteiger charge is 2.40. The zero-order valence-electron chi connectivity index (χ0n) is 10.1. The van der Waals surface area contributed by atoms with Gasteiger partial charge in [0.1, 0.15) is 0 Å². The van der Waals surface area contributed by atoms with Crippen molar-refractivity contribution in [3.8, 4) is 0 Å². The molecule has 1 fully saturated rings. The van der Waals surface area contributed by atoms with Crippen LogP contribution in [0.5, 0.6) is 0 Å². The number of nitrogens with zero attached hydrogens (tertiary/aromatic N) is 2. The van der Waals surface area contributed by atoms with Crippen LogP contribution in [-0.4, -0.2) is 27.0 Å². The second-order valence-electron chi connectivity index (χ2n) is 4.84. The quantitative estimate of drug-likeness (QED) is 0.760. The molecule has 1 unspecified atom stereocenters. The predicted molar refractivity (Wildman–Crippen MR) is 63.0 cm³/mol. The van der Waals surface area contributed by atoms with E-state index in [1.807, 2.05) is 16.9 Å². The topological polar surface area (TPSA) is 50.1 Å². The van der Waals surface area contributed by atoms with Crippen molar-refractivity contribution in [2.45, 2.75) is 45.3 Å². The van der Waals surface area contributed by atoms with Gasteiger partial charge in [0.2, 0.25) is 0 Å². The van der Waals surface area contributed by atoms with Crippen LogP contribution in [0.1, 0.15) is 32.4 Å². The van der Waals surface area contributed by atoms with Crippen molar-refractivity contribution in [2.75, 3.05) is 6.61 Å². The SMILES string of the molecule is CCn1nccc1CNC(C)(CO)C1CC1. The molecule has 1 aromatic heterocycles. The van der Waals surface area contributed by atoms with Gasteiger partial charge in [0, 0.05) is 24.8 Å².